The standard InChI is InChI=1S/C13H12BrN3O4/c1-20-10-4-3-8(13(21-2)12(10)14)9-5-7(17(18)19)6-11(15)16-9/h3-6H,1-2H3,(H2,15,16). The molecular weight excluding hydrogens is 342 g/mol. The summed E-state index contributed by atoms with van der Waals surface area (Å²) >= 11 is 3.37. The van der Waals surface area contributed by atoms with Crippen LogP contribution >= 0.6 is 15.9 Å². The van der Waals surface area contributed by atoms with Crippen LogP contribution in [0.5, 0.6) is 11.5 Å². The fourth-order valence-electron chi connectivity index (χ4n) is 1.88. The van der Waals surface area contributed by atoms with E-state index >= 15 is 0 Å². The lowest BCUT2D eigenvalue weighted by Gasteiger charge is -2.13. The van der Waals surface area contributed by atoms with Crippen molar-refractivity contribution in [3.8, 4) is 22.8 Å². The lowest BCUT2D eigenvalue weighted by atomic mass is 10.1. The third kappa shape index (κ3) is 2.89. The molecule has 2 rings (SSSR count). The van der Waals surface area contributed by atoms with Gasteiger partial charge in [0.05, 0.1) is 30.9 Å². The van der Waals surface area contributed by atoms with E-state index in [-0.39, 0.29) is 11.5 Å². The Hall–Kier alpha value is -2.35. The van der Waals surface area contributed by atoms with Gasteiger partial charge >= 0.3 is 0 Å². The zero-order chi connectivity index (χ0) is 15.6. The van der Waals surface area contributed by atoms with Crippen molar-refractivity contribution in [1.82, 2.24) is 4.98 Å². The number of methoxy groups -OCH3 is 2. The highest BCUT2D eigenvalue weighted by Gasteiger charge is 2.18. The molecule has 2 aromatic rings. The van der Waals surface area contributed by atoms with Crippen LogP contribution in [0.2, 0.25) is 0 Å². The number of ether oxygens (including phenoxy) is 2. The Morgan fingerprint density at radius 2 is 2.00 bits per heavy atom. The van der Waals surface area contributed by atoms with Crippen molar-refractivity contribution in [2.45, 2.75) is 0 Å². The monoisotopic (exact) mass is 353 g/mol. The highest BCUT2D eigenvalue weighted by molar-refractivity contribution is 9.10. The number of hydrogen-bond acceptors (Lipinski definition) is 6. The molecule has 0 spiro atoms. The number of aromatic nitrogens is 1. The second-order valence-corrected chi connectivity index (χ2v) is 4.85. The van der Waals surface area contributed by atoms with Crippen LogP contribution in [-0.2, 0) is 0 Å². The molecule has 0 aliphatic rings. The Morgan fingerprint density at radius 3 is 2.57 bits per heavy atom. The van der Waals surface area contributed by atoms with Gasteiger partial charge in [-0.15, -0.1) is 0 Å². The molecule has 1 aromatic carbocycles. The Bertz CT molecular complexity index is 706. The van der Waals surface area contributed by atoms with Gasteiger partial charge in [0, 0.05) is 11.6 Å². The number of nitro groups is 1. The Morgan fingerprint density at radius 1 is 1.29 bits per heavy atom. The number of nitrogen functional groups attached to an aromatic ring is 1. The molecule has 110 valence electrons. The van der Waals surface area contributed by atoms with Gasteiger partial charge in [-0.3, -0.25) is 10.1 Å². The summed E-state index contributed by atoms with van der Waals surface area (Å²) in [6, 6.07) is 5.95. The number of rotatable bonds is 4. The van der Waals surface area contributed by atoms with E-state index in [1.807, 2.05) is 0 Å². The first-order chi connectivity index (χ1) is 9.97. The van der Waals surface area contributed by atoms with Crippen LogP contribution in [0, 0.1) is 10.1 Å². The topological polar surface area (TPSA) is 101 Å². The van der Waals surface area contributed by atoms with E-state index in [4.69, 9.17) is 15.2 Å². The lowest BCUT2D eigenvalue weighted by Crippen LogP contribution is -1.99. The van der Waals surface area contributed by atoms with Gasteiger partial charge in [-0.25, -0.2) is 4.98 Å². The number of halogens is 1. The maximum absolute atomic E-state index is 10.9. The van der Waals surface area contributed by atoms with Crippen molar-refractivity contribution in [2.24, 2.45) is 0 Å². The van der Waals surface area contributed by atoms with E-state index in [0.717, 1.165) is 0 Å². The zero-order valence-corrected chi connectivity index (χ0v) is 12.9. The second-order valence-electron chi connectivity index (χ2n) is 4.06. The van der Waals surface area contributed by atoms with Gasteiger partial charge in [0.1, 0.15) is 21.8 Å². The van der Waals surface area contributed by atoms with Crippen molar-refractivity contribution in [3.05, 3.63) is 38.9 Å². The summed E-state index contributed by atoms with van der Waals surface area (Å²) in [6.07, 6.45) is 0. The van der Waals surface area contributed by atoms with Crippen LogP contribution in [0.25, 0.3) is 11.3 Å². The van der Waals surface area contributed by atoms with E-state index in [1.54, 1.807) is 12.1 Å². The third-order valence-corrected chi connectivity index (χ3v) is 3.55. The highest BCUT2D eigenvalue weighted by Crippen LogP contribution is 2.42. The molecule has 1 heterocycles. The van der Waals surface area contributed by atoms with E-state index in [0.29, 0.717) is 27.2 Å². The maximum atomic E-state index is 10.9. The summed E-state index contributed by atoms with van der Waals surface area (Å²) in [5.41, 5.74) is 6.41. The molecule has 21 heavy (non-hydrogen) atoms. The van der Waals surface area contributed by atoms with Crippen LogP contribution < -0.4 is 15.2 Å². The van der Waals surface area contributed by atoms with Gasteiger partial charge < -0.3 is 15.2 Å². The quantitative estimate of drug-likeness (QED) is 0.669. The van der Waals surface area contributed by atoms with E-state index < -0.39 is 4.92 Å². The molecule has 0 bridgehead atoms. The summed E-state index contributed by atoms with van der Waals surface area (Å²) < 4.78 is 11.1. The molecular formula is C13H12BrN3O4. The van der Waals surface area contributed by atoms with Gasteiger partial charge in [-0.2, -0.15) is 0 Å². The molecule has 0 fully saturated rings. The first-order valence-electron chi connectivity index (χ1n) is 5.80. The smallest absolute Gasteiger partial charge is 0.275 e. The number of hydrogen-bond donors (Lipinski definition) is 1. The summed E-state index contributed by atoms with van der Waals surface area (Å²) in [7, 11) is 3.02. The van der Waals surface area contributed by atoms with Crippen molar-refractivity contribution in [3.63, 3.8) is 0 Å². The number of nitrogens with two attached hydrogens (primary N) is 1. The SMILES string of the molecule is COc1ccc(-c2cc([N+](=O)[O-])cc(N)n2)c(OC)c1Br. The third-order valence-electron chi connectivity index (χ3n) is 2.80. The van der Waals surface area contributed by atoms with Crippen LogP contribution in [0.4, 0.5) is 11.5 Å². The minimum Gasteiger partial charge on any atom is -0.495 e. The van der Waals surface area contributed by atoms with E-state index in [2.05, 4.69) is 20.9 Å². The van der Waals surface area contributed by atoms with E-state index in [9.17, 15) is 10.1 Å². The molecule has 8 heteroatoms. The minimum atomic E-state index is -0.521. The fourth-order valence-corrected chi connectivity index (χ4v) is 2.55. The molecule has 0 aliphatic heterocycles. The largest absolute Gasteiger partial charge is 0.495 e. The number of pyridine rings is 1. The summed E-state index contributed by atoms with van der Waals surface area (Å²) in [4.78, 5) is 14.5. The Balaban J connectivity index is 2.67. The molecule has 0 saturated carbocycles. The van der Waals surface area contributed by atoms with E-state index in [1.165, 1.54) is 26.4 Å². The van der Waals surface area contributed by atoms with Crippen molar-refractivity contribution in [2.75, 3.05) is 20.0 Å². The molecule has 2 N–H and O–H groups in total. The molecule has 0 atom stereocenters. The lowest BCUT2D eigenvalue weighted by molar-refractivity contribution is -0.384. The zero-order valence-electron chi connectivity index (χ0n) is 11.3. The average molecular weight is 354 g/mol. The van der Waals surface area contributed by atoms with Crippen LogP contribution in [0.1, 0.15) is 0 Å². The molecule has 0 amide bonds. The molecule has 0 unspecified atom stereocenters. The Labute approximate surface area is 129 Å². The molecule has 0 radical (unpaired) electrons. The van der Waals surface area contributed by atoms with Gasteiger partial charge in [-0.05, 0) is 28.1 Å². The van der Waals surface area contributed by atoms with Crippen molar-refractivity contribution < 1.29 is 14.4 Å². The first kappa shape index (κ1) is 15.0. The highest BCUT2D eigenvalue weighted by atomic mass is 79.9. The molecule has 0 saturated heterocycles. The normalized spacial score (nSPS) is 10.2. The predicted octanol–water partition coefficient (Wildman–Crippen LogP) is 3.02. The van der Waals surface area contributed by atoms with Crippen molar-refractivity contribution >= 4 is 27.4 Å². The summed E-state index contributed by atoms with van der Waals surface area (Å²) in [6.45, 7) is 0. The number of benzene rings is 1. The summed E-state index contributed by atoms with van der Waals surface area (Å²) in [5, 5.41) is 10.9. The maximum Gasteiger partial charge on any atom is 0.275 e. The number of anilines is 1. The van der Waals surface area contributed by atoms with Crippen molar-refractivity contribution in [1.29, 1.82) is 0 Å². The van der Waals surface area contributed by atoms with Gasteiger partial charge in [0.25, 0.3) is 5.69 Å². The first-order valence-corrected chi connectivity index (χ1v) is 6.60. The predicted molar refractivity (Wildman–Crippen MR) is 81.5 cm³/mol. The van der Waals surface area contributed by atoms with Gasteiger partial charge in [0.2, 0.25) is 0 Å². The summed E-state index contributed by atoms with van der Waals surface area (Å²) in [5.74, 6) is 1.10. The second kappa shape index (κ2) is 5.96. The van der Waals surface area contributed by atoms with Crippen LogP contribution in [-0.4, -0.2) is 24.1 Å². The average Bonchev–Trinajstić information content (AvgIpc) is 2.46. The molecule has 1 aromatic heterocycles. The van der Waals surface area contributed by atoms with Crippen LogP contribution in [0.3, 0.4) is 0 Å². The minimum absolute atomic E-state index is 0.0631. The van der Waals surface area contributed by atoms with Gasteiger partial charge in [0.15, 0.2) is 0 Å². The van der Waals surface area contributed by atoms with Gasteiger partial charge in [-0.1, -0.05) is 0 Å². The Kier molecular flexibility index (Phi) is 4.27. The fraction of sp³-hybridized carbons (Fsp3) is 0.154. The van der Waals surface area contributed by atoms with Crippen LogP contribution in [0.15, 0.2) is 28.7 Å². The number of nitrogens with zero attached hydrogens (tertiary/aromatic N) is 2. The molecule has 0 aliphatic carbocycles. The molecule has 7 nitrogen and oxygen atoms in total.